The summed E-state index contributed by atoms with van der Waals surface area (Å²) in [6.07, 6.45) is 0.473. The zero-order chi connectivity index (χ0) is 42.9. The van der Waals surface area contributed by atoms with Crippen LogP contribution in [0.3, 0.4) is 0 Å². The molecule has 8 aromatic rings. The minimum atomic E-state index is -1.38. The van der Waals surface area contributed by atoms with Crippen LogP contribution in [0, 0.1) is 17.5 Å². The molecular formula is C53H51IrN3-2. The predicted octanol–water partition coefficient (Wildman–Crippen LogP) is 14.2. The average Bonchev–Trinajstić information content (AvgIpc) is 3.62. The number of fused-ring (bicyclic) bond motifs is 1. The molecule has 8 rings (SSSR count). The van der Waals surface area contributed by atoms with Gasteiger partial charge < -0.3 is 9.55 Å². The molecule has 0 aliphatic rings. The van der Waals surface area contributed by atoms with Gasteiger partial charge in [-0.05, 0) is 80.3 Å². The van der Waals surface area contributed by atoms with Crippen LogP contribution in [0.25, 0.3) is 61.6 Å². The van der Waals surface area contributed by atoms with Crippen molar-refractivity contribution < 1.29 is 25.6 Å². The maximum atomic E-state index is 8.97. The summed E-state index contributed by atoms with van der Waals surface area (Å²) >= 11 is 0. The fourth-order valence-corrected chi connectivity index (χ4v) is 6.87. The summed E-state index contributed by atoms with van der Waals surface area (Å²) in [4.78, 5) is 9.58. The third-order valence-corrected chi connectivity index (χ3v) is 9.53. The summed E-state index contributed by atoms with van der Waals surface area (Å²) in [5.74, 6) is -0.989. The van der Waals surface area contributed by atoms with Gasteiger partial charge in [0, 0.05) is 37.5 Å². The van der Waals surface area contributed by atoms with Gasteiger partial charge >= 0.3 is 0 Å². The topological polar surface area (TPSA) is 30.7 Å². The van der Waals surface area contributed by atoms with E-state index in [2.05, 4.69) is 52.0 Å². The first-order valence-electron chi connectivity index (χ1n) is 21.2. The van der Waals surface area contributed by atoms with Crippen LogP contribution in [0.2, 0.25) is 0 Å². The van der Waals surface area contributed by atoms with E-state index < -0.39 is 23.6 Å². The normalized spacial score (nSPS) is 13.0. The maximum absolute atomic E-state index is 8.97. The molecule has 0 saturated carbocycles. The summed E-state index contributed by atoms with van der Waals surface area (Å²) in [6, 6.07) is 56.4. The number of aromatic nitrogens is 3. The van der Waals surface area contributed by atoms with Crippen molar-refractivity contribution in [1.29, 1.82) is 0 Å². The Kier molecular flexibility index (Phi) is 11.5. The standard InChI is InChI=1S/C31H29N2.C22H22N.Ir/c1-21(2)26-16-11-17-27(22(3)4)30(26)33-29-20-25(23-12-7-5-8-13-23)18-19-28(29)32-31(33)24-14-9-6-10-15-24;1-22(2,3)15-17-9-11-18(12-10-17)20-13-14-21(23-16-20)19-7-5-4-6-8-19;/h5-14,16-22H,1-4H3;4-7,9-14,16H,15H2,1-3H3;/q2*-1;/i21D,22D;15D2;. The molecule has 0 unspecified atom stereocenters. The molecule has 3 nitrogen and oxygen atoms in total. The van der Waals surface area contributed by atoms with Crippen molar-refractivity contribution in [3.63, 3.8) is 0 Å². The van der Waals surface area contributed by atoms with E-state index >= 15 is 0 Å². The maximum Gasteiger partial charge on any atom is 0.0774 e. The van der Waals surface area contributed by atoms with Crippen LogP contribution >= 0.6 is 0 Å². The van der Waals surface area contributed by atoms with Gasteiger partial charge in [-0.25, -0.2) is 0 Å². The molecule has 0 atom stereocenters. The van der Waals surface area contributed by atoms with E-state index in [9.17, 15) is 0 Å². The van der Waals surface area contributed by atoms with Crippen LogP contribution in [0.1, 0.15) is 82.4 Å². The molecule has 0 spiro atoms. The Morgan fingerprint density at radius 1 is 0.632 bits per heavy atom. The van der Waals surface area contributed by atoms with Crippen LogP contribution in [0.4, 0.5) is 0 Å². The van der Waals surface area contributed by atoms with E-state index in [1.165, 1.54) is 0 Å². The van der Waals surface area contributed by atoms with E-state index in [4.69, 9.17) is 10.5 Å². The number of nitrogens with zero attached hydrogens (tertiary/aromatic N) is 3. The number of rotatable bonds is 8. The van der Waals surface area contributed by atoms with Crippen molar-refractivity contribution in [3.05, 3.63) is 187 Å². The Morgan fingerprint density at radius 3 is 1.77 bits per heavy atom. The SMILES string of the molecule is [2H]C(C)(C)c1cccc(C([2H])(C)C)c1-n1c(-c2[c-]cccc2)nc2ccc(-c3ccccc3)cc21.[2H]C([2H])(c1ccc(-c2ccc(-c3[c-]cccc3)nc2)cc1)C(C)(C)C.[Ir]. The van der Waals surface area contributed by atoms with Gasteiger partial charge in [-0.15, -0.1) is 71.8 Å². The quantitative estimate of drug-likeness (QED) is 0.142. The van der Waals surface area contributed by atoms with Gasteiger partial charge in [-0.2, -0.15) is 0 Å². The van der Waals surface area contributed by atoms with Gasteiger partial charge in [-0.1, -0.05) is 139 Å². The molecule has 0 amide bonds. The van der Waals surface area contributed by atoms with E-state index in [1.807, 2.05) is 176 Å². The third kappa shape index (κ3) is 9.77. The second-order valence-corrected chi connectivity index (χ2v) is 15.5. The molecule has 0 saturated heterocycles. The Balaban J connectivity index is 0.000000212. The minimum Gasteiger partial charge on any atom is -0.333 e. The molecule has 2 aromatic heterocycles. The second-order valence-electron chi connectivity index (χ2n) is 15.5. The first-order valence-corrected chi connectivity index (χ1v) is 19.2. The molecular weight excluding hydrogens is 871 g/mol. The van der Waals surface area contributed by atoms with Crippen molar-refractivity contribution in [2.75, 3.05) is 0 Å². The summed E-state index contributed by atoms with van der Waals surface area (Å²) in [6.45, 7) is 13.4. The number of imidazole rings is 1. The summed E-state index contributed by atoms with van der Waals surface area (Å²) < 4.78 is 36.8. The summed E-state index contributed by atoms with van der Waals surface area (Å²) in [5, 5.41) is 0. The smallest absolute Gasteiger partial charge is 0.0774 e. The monoisotopic (exact) mass is 926 g/mol. The van der Waals surface area contributed by atoms with Gasteiger partial charge in [0.05, 0.1) is 16.9 Å². The summed E-state index contributed by atoms with van der Waals surface area (Å²) in [5.41, 5.74) is 11.6. The molecule has 0 aliphatic heterocycles. The van der Waals surface area contributed by atoms with Gasteiger partial charge in [0.25, 0.3) is 0 Å². The first kappa shape index (κ1) is 36.0. The Morgan fingerprint density at radius 2 is 1.21 bits per heavy atom. The molecule has 1 radical (unpaired) electrons. The Bertz CT molecular complexity index is 2660. The predicted molar refractivity (Wildman–Crippen MR) is 236 cm³/mol. The fourth-order valence-electron chi connectivity index (χ4n) is 6.87. The molecule has 0 aliphatic carbocycles. The van der Waals surface area contributed by atoms with Crippen molar-refractivity contribution in [2.45, 2.75) is 66.6 Å². The Labute approximate surface area is 358 Å². The van der Waals surface area contributed by atoms with E-state index in [0.717, 1.165) is 72.7 Å². The van der Waals surface area contributed by atoms with Crippen LogP contribution in [0.15, 0.2) is 158 Å². The van der Waals surface area contributed by atoms with E-state index in [-0.39, 0.29) is 20.1 Å². The van der Waals surface area contributed by atoms with Crippen LogP contribution in [0.5, 0.6) is 0 Å². The fraction of sp³-hybridized carbons (Fsp3) is 0.208. The minimum absolute atomic E-state index is 0. The number of para-hydroxylation sites is 1. The van der Waals surface area contributed by atoms with Crippen LogP contribution < -0.4 is 0 Å². The number of hydrogen-bond donors (Lipinski definition) is 0. The van der Waals surface area contributed by atoms with Crippen molar-refractivity contribution in [2.24, 2.45) is 5.41 Å². The molecule has 4 heteroatoms. The van der Waals surface area contributed by atoms with E-state index in [1.54, 1.807) is 0 Å². The molecule has 0 N–H and O–H groups in total. The molecule has 0 fully saturated rings. The zero-order valence-corrected chi connectivity index (χ0v) is 36.1. The van der Waals surface area contributed by atoms with Crippen molar-refractivity contribution in [3.8, 4) is 50.6 Å². The van der Waals surface area contributed by atoms with Gasteiger partial charge in [0.15, 0.2) is 0 Å². The molecule has 2 heterocycles. The van der Waals surface area contributed by atoms with Crippen molar-refractivity contribution >= 4 is 11.0 Å². The molecule has 289 valence electrons. The third-order valence-electron chi connectivity index (χ3n) is 9.53. The molecule has 6 aromatic carbocycles. The number of pyridine rings is 1. The number of benzene rings is 6. The molecule has 57 heavy (non-hydrogen) atoms. The van der Waals surface area contributed by atoms with Crippen LogP contribution in [-0.2, 0) is 26.5 Å². The van der Waals surface area contributed by atoms with Crippen molar-refractivity contribution in [1.82, 2.24) is 14.5 Å². The average molecular weight is 926 g/mol. The second kappa shape index (κ2) is 18.2. The van der Waals surface area contributed by atoms with Gasteiger partial charge in [0.1, 0.15) is 0 Å². The number of hydrogen-bond acceptors (Lipinski definition) is 2. The van der Waals surface area contributed by atoms with E-state index in [0.29, 0.717) is 5.56 Å². The zero-order valence-electron chi connectivity index (χ0n) is 37.7. The molecule has 0 bridgehead atoms. The largest absolute Gasteiger partial charge is 0.333 e. The summed E-state index contributed by atoms with van der Waals surface area (Å²) in [7, 11) is 0. The Hall–Kier alpha value is -5.41. The van der Waals surface area contributed by atoms with Gasteiger partial charge in [-0.3, -0.25) is 4.98 Å². The van der Waals surface area contributed by atoms with Gasteiger partial charge in [0.2, 0.25) is 0 Å². The van der Waals surface area contributed by atoms with Crippen LogP contribution in [-0.4, -0.2) is 14.5 Å². The first-order chi connectivity index (χ1) is 28.4.